The number of benzene rings is 3. The number of hydrogen-bond acceptors (Lipinski definition) is 5. The summed E-state index contributed by atoms with van der Waals surface area (Å²) in [6, 6.07) is 23.0. The number of H-pyrrole nitrogens is 1. The molecule has 0 aliphatic rings. The van der Waals surface area contributed by atoms with Crippen LogP contribution in [0.25, 0.3) is 11.4 Å². The Labute approximate surface area is 183 Å². The van der Waals surface area contributed by atoms with Gasteiger partial charge in [0.2, 0.25) is 0 Å². The Kier molecular flexibility index (Phi) is 5.61. The zero-order valence-electron chi connectivity index (χ0n) is 17.7. The number of anilines is 2. The van der Waals surface area contributed by atoms with Crippen LogP contribution in [0.5, 0.6) is 0 Å². The van der Waals surface area contributed by atoms with Gasteiger partial charge in [-0.25, -0.2) is 23.5 Å². The van der Waals surface area contributed by atoms with E-state index in [1.165, 1.54) is 0 Å². The zero-order chi connectivity index (χ0) is 22.8. The van der Waals surface area contributed by atoms with Gasteiger partial charge in [0.25, 0.3) is 0 Å². The van der Waals surface area contributed by atoms with Gasteiger partial charge in [-0.05, 0) is 55.0 Å². The van der Waals surface area contributed by atoms with E-state index in [1.807, 2.05) is 55.3 Å². The Balaban J connectivity index is 1.90. The van der Waals surface area contributed by atoms with Crippen molar-refractivity contribution in [2.24, 2.45) is 5.73 Å². The van der Waals surface area contributed by atoms with E-state index in [-0.39, 0.29) is 6.04 Å². The molecule has 0 saturated heterocycles. The molecule has 0 aliphatic heterocycles. The Bertz CT molecular complexity index is 1420. The van der Waals surface area contributed by atoms with Crippen molar-refractivity contribution >= 4 is 11.4 Å². The minimum atomic E-state index is -0.813. The number of hydrogen-bond donors (Lipinski definition) is 2. The second-order valence-electron chi connectivity index (χ2n) is 7.45. The van der Waals surface area contributed by atoms with Gasteiger partial charge in [-0.3, -0.25) is 4.98 Å². The molecule has 1 unspecified atom stereocenters. The quantitative estimate of drug-likeness (QED) is 0.507. The molecular weight excluding hydrogens is 406 g/mol. The molecule has 3 aromatic carbocycles. The van der Waals surface area contributed by atoms with Crippen LogP contribution >= 0.6 is 0 Å². The summed E-state index contributed by atoms with van der Waals surface area (Å²) >= 11 is 0. The van der Waals surface area contributed by atoms with Gasteiger partial charge in [-0.2, -0.15) is 0 Å². The number of aromatic nitrogens is 3. The molecule has 4 rings (SSSR count). The van der Waals surface area contributed by atoms with Crippen molar-refractivity contribution in [2.45, 2.75) is 13.0 Å². The van der Waals surface area contributed by atoms with Gasteiger partial charge in [0.1, 0.15) is 0 Å². The normalized spacial score (nSPS) is 11.8. The van der Waals surface area contributed by atoms with E-state index in [4.69, 9.17) is 5.73 Å². The summed E-state index contributed by atoms with van der Waals surface area (Å²) in [5.74, 6) is 0. The van der Waals surface area contributed by atoms with Crippen molar-refractivity contribution < 1.29 is 0 Å². The van der Waals surface area contributed by atoms with Crippen molar-refractivity contribution in [1.82, 2.24) is 14.1 Å². The molecule has 8 nitrogen and oxygen atoms in total. The molecule has 162 valence electrons. The molecule has 0 bridgehead atoms. The second-order valence-corrected chi connectivity index (χ2v) is 7.45. The number of nitrogens with zero attached hydrogens (tertiary/aromatic N) is 3. The molecule has 1 atom stereocenters. The molecule has 3 N–H and O–H groups in total. The van der Waals surface area contributed by atoms with Crippen LogP contribution < -0.4 is 27.7 Å². The molecule has 1 aromatic heterocycles. The number of rotatable bonds is 5. The largest absolute Gasteiger partial charge is 0.345 e. The zero-order valence-corrected chi connectivity index (χ0v) is 17.7. The maximum absolute atomic E-state index is 13.2. The van der Waals surface area contributed by atoms with Crippen LogP contribution in [0.1, 0.15) is 18.5 Å². The molecular formula is C24H23N5O3. The third kappa shape index (κ3) is 3.79. The van der Waals surface area contributed by atoms with Gasteiger partial charge in [0.05, 0.1) is 11.4 Å². The molecule has 0 radical (unpaired) electrons. The van der Waals surface area contributed by atoms with Gasteiger partial charge in [0, 0.05) is 24.5 Å². The summed E-state index contributed by atoms with van der Waals surface area (Å²) in [5.41, 5.74) is 7.11. The summed E-state index contributed by atoms with van der Waals surface area (Å²) < 4.78 is 1.86. The summed E-state index contributed by atoms with van der Waals surface area (Å²) in [5, 5.41) is 0. The lowest BCUT2D eigenvalue weighted by Crippen LogP contribution is -2.48. The van der Waals surface area contributed by atoms with E-state index in [0.717, 1.165) is 26.1 Å². The lowest BCUT2D eigenvalue weighted by atomic mass is 10.0. The molecule has 8 heteroatoms. The van der Waals surface area contributed by atoms with E-state index in [0.29, 0.717) is 11.4 Å². The van der Waals surface area contributed by atoms with Crippen LogP contribution in [0, 0.1) is 0 Å². The second kappa shape index (κ2) is 8.52. The molecule has 4 aromatic rings. The number of nitrogens with two attached hydrogens (primary N) is 1. The summed E-state index contributed by atoms with van der Waals surface area (Å²) in [4.78, 5) is 42.4. The van der Waals surface area contributed by atoms with Crippen molar-refractivity contribution in [3.05, 3.63) is 116 Å². The summed E-state index contributed by atoms with van der Waals surface area (Å²) in [7, 11) is 1.92. The standard InChI is InChI=1S/C24H23N5O3/c1-16(25)20-15-19(13-14-21(20)27(2)17-9-5-3-6-10-17)29-23(31)26-22(30)28(24(29)32)18-11-7-4-8-12-18/h3-16H,25H2,1-2H3,(H,26,30,31). The Morgan fingerprint density at radius 2 is 1.38 bits per heavy atom. The minimum absolute atomic E-state index is 0.318. The Morgan fingerprint density at radius 3 is 1.97 bits per heavy atom. The van der Waals surface area contributed by atoms with Crippen molar-refractivity contribution in [1.29, 1.82) is 0 Å². The predicted molar refractivity (Wildman–Crippen MR) is 125 cm³/mol. The number of aromatic amines is 1. The monoisotopic (exact) mass is 429 g/mol. The highest BCUT2D eigenvalue weighted by Gasteiger charge is 2.17. The van der Waals surface area contributed by atoms with Crippen LogP contribution in [0.4, 0.5) is 11.4 Å². The Morgan fingerprint density at radius 1 is 0.812 bits per heavy atom. The maximum atomic E-state index is 13.2. The fourth-order valence-electron chi connectivity index (χ4n) is 3.65. The highest BCUT2D eigenvalue weighted by Crippen LogP contribution is 2.31. The average molecular weight is 429 g/mol. The smallest absolute Gasteiger partial charge is 0.344 e. The first-order chi connectivity index (χ1) is 15.4. The molecule has 0 spiro atoms. The van der Waals surface area contributed by atoms with E-state index in [2.05, 4.69) is 4.98 Å². The highest BCUT2D eigenvalue weighted by atomic mass is 16.2. The van der Waals surface area contributed by atoms with E-state index in [9.17, 15) is 14.4 Å². The summed E-state index contributed by atoms with van der Waals surface area (Å²) in [6.45, 7) is 1.83. The van der Waals surface area contributed by atoms with E-state index in [1.54, 1.807) is 42.5 Å². The van der Waals surface area contributed by atoms with Gasteiger partial charge >= 0.3 is 17.1 Å². The lowest BCUT2D eigenvalue weighted by molar-refractivity contribution is 0.712. The lowest BCUT2D eigenvalue weighted by Gasteiger charge is -2.25. The van der Waals surface area contributed by atoms with Crippen LogP contribution in [-0.4, -0.2) is 21.2 Å². The third-order valence-corrected chi connectivity index (χ3v) is 5.28. The SMILES string of the molecule is CC(N)c1cc(-n2c(=O)[nH]c(=O)n(-c3ccccc3)c2=O)ccc1N(C)c1ccccc1. The third-order valence-electron chi connectivity index (χ3n) is 5.28. The highest BCUT2D eigenvalue weighted by molar-refractivity contribution is 5.68. The molecule has 1 heterocycles. The molecule has 0 aliphatic carbocycles. The van der Waals surface area contributed by atoms with Crippen LogP contribution in [0.15, 0.2) is 93.2 Å². The first kappa shape index (κ1) is 21.1. The topological polar surface area (TPSA) is 106 Å². The fourth-order valence-corrected chi connectivity index (χ4v) is 3.65. The van der Waals surface area contributed by atoms with Crippen molar-refractivity contribution in [2.75, 3.05) is 11.9 Å². The van der Waals surface area contributed by atoms with Gasteiger partial charge < -0.3 is 10.6 Å². The van der Waals surface area contributed by atoms with Crippen LogP contribution in [-0.2, 0) is 0 Å². The fraction of sp³-hybridized carbons (Fsp3) is 0.125. The van der Waals surface area contributed by atoms with E-state index < -0.39 is 17.1 Å². The van der Waals surface area contributed by atoms with Crippen molar-refractivity contribution in [3.8, 4) is 11.4 Å². The maximum Gasteiger partial charge on any atom is 0.345 e. The number of para-hydroxylation sites is 2. The van der Waals surface area contributed by atoms with Gasteiger partial charge in [0.15, 0.2) is 0 Å². The number of nitrogens with one attached hydrogen (secondary N) is 1. The Hall–Kier alpha value is -4.17. The van der Waals surface area contributed by atoms with Crippen LogP contribution in [0.3, 0.4) is 0 Å². The summed E-state index contributed by atoms with van der Waals surface area (Å²) in [6.07, 6.45) is 0. The van der Waals surface area contributed by atoms with Gasteiger partial charge in [-0.1, -0.05) is 36.4 Å². The van der Waals surface area contributed by atoms with Crippen LogP contribution in [0.2, 0.25) is 0 Å². The molecule has 32 heavy (non-hydrogen) atoms. The van der Waals surface area contributed by atoms with Gasteiger partial charge in [-0.15, -0.1) is 0 Å². The van der Waals surface area contributed by atoms with E-state index >= 15 is 0 Å². The first-order valence-electron chi connectivity index (χ1n) is 10.1. The van der Waals surface area contributed by atoms with Crippen molar-refractivity contribution in [3.63, 3.8) is 0 Å². The average Bonchev–Trinajstić information content (AvgIpc) is 2.79. The molecule has 0 saturated carbocycles. The predicted octanol–water partition coefficient (Wildman–Crippen LogP) is 2.46. The first-order valence-corrected chi connectivity index (χ1v) is 10.1. The molecule has 0 amide bonds. The molecule has 0 fully saturated rings. The minimum Gasteiger partial charge on any atom is -0.344 e.